The molecule has 0 aromatic heterocycles. The van der Waals surface area contributed by atoms with Crippen LogP contribution in [0, 0.1) is 0 Å². The molecule has 208 valence electrons. The lowest BCUT2D eigenvalue weighted by atomic mass is 10.0. The van der Waals surface area contributed by atoms with Crippen LogP contribution in [-0.2, 0) is 22.6 Å². The third-order valence-corrected chi connectivity index (χ3v) is 7.66. The fourth-order valence-corrected chi connectivity index (χ4v) is 5.25. The molecule has 7 nitrogen and oxygen atoms in total. The first-order valence-corrected chi connectivity index (χ1v) is 14.4. The standard InChI is InChI=1S/C32H34BrN3O4/c1-3-22(2)34-30(38)28(20-23-11-5-4-6-12-23)36(21-24-13-9-14-25(33)19-24)29(37)17-10-18-35-31(39)26-15-7-8-16-27(26)32(35)40/h4-9,11-16,19,22,28H,3,10,17-18,20-21H2,1-2H3,(H,34,38). The van der Waals surface area contributed by atoms with Crippen molar-refractivity contribution < 1.29 is 19.2 Å². The summed E-state index contributed by atoms with van der Waals surface area (Å²) in [7, 11) is 0. The minimum atomic E-state index is -0.734. The van der Waals surface area contributed by atoms with E-state index in [1.807, 2.05) is 68.4 Å². The second kappa shape index (κ2) is 13.5. The second-order valence-corrected chi connectivity index (χ2v) is 11.0. The van der Waals surface area contributed by atoms with Crippen molar-refractivity contribution in [3.63, 3.8) is 0 Å². The van der Waals surface area contributed by atoms with Crippen molar-refractivity contribution in [2.24, 2.45) is 0 Å². The first-order valence-electron chi connectivity index (χ1n) is 13.6. The van der Waals surface area contributed by atoms with Gasteiger partial charge in [0, 0.05) is 36.4 Å². The number of rotatable bonds is 12. The molecule has 2 unspecified atom stereocenters. The summed E-state index contributed by atoms with van der Waals surface area (Å²) >= 11 is 3.50. The first-order chi connectivity index (χ1) is 19.3. The van der Waals surface area contributed by atoms with Crippen molar-refractivity contribution in [3.05, 3.63) is 106 Å². The molecule has 3 aromatic carbocycles. The van der Waals surface area contributed by atoms with Crippen molar-refractivity contribution in [1.82, 2.24) is 15.1 Å². The Kier molecular flexibility index (Phi) is 9.88. The van der Waals surface area contributed by atoms with E-state index < -0.39 is 6.04 Å². The summed E-state index contributed by atoms with van der Waals surface area (Å²) in [5, 5.41) is 3.07. The molecule has 0 fully saturated rings. The van der Waals surface area contributed by atoms with Crippen LogP contribution >= 0.6 is 15.9 Å². The lowest BCUT2D eigenvalue weighted by Gasteiger charge is -2.32. The number of nitrogens with one attached hydrogen (secondary N) is 1. The maximum Gasteiger partial charge on any atom is 0.261 e. The average molecular weight is 605 g/mol. The Bertz CT molecular complexity index is 1340. The number of imide groups is 1. The van der Waals surface area contributed by atoms with Crippen LogP contribution in [0.15, 0.2) is 83.3 Å². The summed E-state index contributed by atoms with van der Waals surface area (Å²) < 4.78 is 0.881. The number of hydrogen-bond acceptors (Lipinski definition) is 4. The SMILES string of the molecule is CCC(C)NC(=O)C(Cc1ccccc1)N(Cc1cccc(Br)c1)C(=O)CCCN1C(=O)c2ccccc2C1=O. The molecule has 1 N–H and O–H groups in total. The molecule has 4 rings (SSSR count). The van der Waals surface area contributed by atoms with Gasteiger partial charge in [-0.1, -0.05) is 77.5 Å². The molecule has 4 amide bonds. The van der Waals surface area contributed by atoms with Crippen molar-refractivity contribution in [1.29, 1.82) is 0 Å². The molecule has 0 radical (unpaired) electrons. The predicted molar refractivity (Wildman–Crippen MR) is 158 cm³/mol. The summed E-state index contributed by atoms with van der Waals surface area (Å²) in [6, 6.07) is 23.3. The molecule has 0 aliphatic carbocycles. The third-order valence-electron chi connectivity index (χ3n) is 7.16. The number of halogens is 1. The van der Waals surface area contributed by atoms with Gasteiger partial charge in [0.25, 0.3) is 11.8 Å². The molecular formula is C32H34BrN3O4. The van der Waals surface area contributed by atoms with Gasteiger partial charge < -0.3 is 10.2 Å². The van der Waals surface area contributed by atoms with Gasteiger partial charge in [-0.05, 0) is 55.2 Å². The van der Waals surface area contributed by atoms with E-state index in [0.29, 0.717) is 24.0 Å². The van der Waals surface area contributed by atoms with E-state index >= 15 is 0 Å². The summed E-state index contributed by atoms with van der Waals surface area (Å²) in [5.74, 6) is -1.10. The fourth-order valence-electron chi connectivity index (χ4n) is 4.80. The minimum absolute atomic E-state index is 0.0394. The maximum absolute atomic E-state index is 13.8. The highest BCUT2D eigenvalue weighted by atomic mass is 79.9. The van der Waals surface area contributed by atoms with Crippen LogP contribution in [0.5, 0.6) is 0 Å². The molecule has 3 aromatic rings. The lowest BCUT2D eigenvalue weighted by Crippen LogP contribution is -2.52. The number of benzene rings is 3. The Morgan fingerprint density at radius 3 is 2.15 bits per heavy atom. The van der Waals surface area contributed by atoms with E-state index in [-0.39, 0.29) is 49.2 Å². The highest BCUT2D eigenvalue weighted by Gasteiger charge is 2.35. The van der Waals surface area contributed by atoms with Crippen LogP contribution in [0.4, 0.5) is 0 Å². The molecule has 40 heavy (non-hydrogen) atoms. The number of carbonyl (C=O) groups excluding carboxylic acids is 4. The largest absolute Gasteiger partial charge is 0.352 e. The zero-order chi connectivity index (χ0) is 28.6. The van der Waals surface area contributed by atoms with Crippen molar-refractivity contribution in [3.8, 4) is 0 Å². The van der Waals surface area contributed by atoms with Crippen molar-refractivity contribution in [2.75, 3.05) is 6.54 Å². The normalized spacial score (nSPS) is 14.0. The Balaban J connectivity index is 1.55. The van der Waals surface area contributed by atoms with E-state index in [1.165, 1.54) is 4.90 Å². The van der Waals surface area contributed by atoms with Gasteiger partial charge in [-0.2, -0.15) is 0 Å². The molecule has 1 aliphatic rings. The highest BCUT2D eigenvalue weighted by molar-refractivity contribution is 9.10. The van der Waals surface area contributed by atoms with Crippen LogP contribution in [0.25, 0.3) is 0 Å². The average Bonchev–Trinajstić information content (AvgIpc) is 3.20. The van der Waals surface area contributed by atoms with Gasteiger partial charge in [-0.15, -0.1) is 0 Å². The first kappa shape index (κ1) is 29.2. The van der Waals surface area contributed by atoms with Gasteiger partial charge in [0.15, 0.2) is 0 Å². The van der Waals surface area contributed by atoms with Crippen molar-refractivity contribution >= 4 is 39.6 Å². The molecule has 0 saturated carbocycles. The van der Waals surface area contributed by atoms with Crippen LogP contribution in [-0.4, -0.2) is 52.1 Å². The predicted octanol–water partition coefficient (Wildman–Crippen LogP) is 5.38. The number of carbonyl (C=O) groups is 4. The number of amides is 4. The smallest absolute Gasteiger partial charge is 0.261 e. The van der Waals surface area contributed by atoms with E-state index in [9.17, 15) is 19.2 Å². The van der Waals surface area contributed by atoms with E-state index in [4.69, 9.17) is 0 Å². The van der Waals surface area contributed by atoms with Gasteiger partial charge in [0.05, 0.1) is 11.1 Å². The summed E-state index contributed by atoms with van der Waals surface area (Å²) in [6.45, 7) is 4.32. The zero-order valence-corrected chi connectivity index (χ0v) is 24.4. The molecule has 8 heteroatoms. The van der Waals surface area contributed by atoms with Crippen LogP contribution in [0.3, 0.4) is 0 Å². The van der Waals surface area contributed by atoms with Crippen LogP contribution in [0.2, 0.25) is 0 Å². The lowest BCUT2D eigenvalue weighted by molar-refractivity contribution is -0.141. The van der Waals surface area contributed by atoms with Crippen LogP contribution in [0.1, 0.15) is 65.0 Å². The quantitative estimate of drug-likeness (QED) is 0.282. The van der Waals surface area contributed by atoms with E-state index in [2.05, 4.69) is 21.2 Å². The summed E-state index contributed by atoms with van der Waals surface area (Å²) in [6.07, 6.45) is 1.51. The molecular weight excluding hydrogens is 570 g/mol. The van der Waals surface area contributed by atoms with Gasteiger partial charge in [-0.25, -0.2) is 0 Å². The topological polar surface area (TPSA) is 86.8 Å². The van der Waals surface area contributed by atoms with Crippen LogP contribution < -0.4 is 5.32 Å². The molecule has 1 heterocycles. The Morgan fingerprint density at radius 2 is 1.52 bits per heavy atom. The molecule has 1 aliphatic heterocycles. The second-order valence-electron chi connectivity index (χ2n) is 10.1. The third kappa shape index (κ3) is 7.04. The molecule has 0 bridgehead atoms. The molecule has 2 atom stereocenters. The number of hydrogen-bond donors (Lipinski definition) is 1. The minimum Gasteiger partial charge on any atom is -0.352 e. The fraction of sp³-hybridized carbons (Fsp3) is 0.312. The zero-order valence-electron chi connectivity index (χ0n) is 22.8. The van der Waals surface area contributed by atoms with Crippen molar-refractivity contribution in [2.45, 2.75) is 58.2 Å². The maximum atomic E-state index is 13.8. The highest BCUT2D eigenvalue weighted by Crippen LogP contribution is 2.24. The summed E-state index contributed by atoms with van der Waals surface area (Å²) in [4.78, 5) is 55.8. The molecule has 0 saturated heterocycles. The number of nitrogens with zero attached hydrogens (tertiary/aromatic N) is 2. The van der Waals surface area contributed by atoms with Gasteiger partial charge in [-0.3, -0.25) is 24.1 Å². The van der Waals surface area contributed by atoms with E-state index in [0.717, 1.165) is 22.0 Å². The molecule has 0 spiro atoms. The summed E-state index contributed by atoms with van der Waals surface area (Å²) in [5.41, 5.74) is 2.61. The Hall–Kier alpha value is -3.78. The van der Waals surface area contributed by atoms with E-state index in [1.54, 1.807) is 29.2 Å². The Morgan fingerprint density at radius 1 is 0.900 bits per heavy atom. The van der Waals surface area contributed by atoms with Gasteiger partial charge in [0.1, 0.15) is 6.04 Å². The number of fused-ring (bicyclic) bond motifs is 1. The monoisotopic (exact) mass is 603 g/mol. The van der Waals surface area contributed by atoms with Gasteiger partial charge >= 0.3 is 0 Å². The Labute approximate surface area is 243 Å². The van der Waals surface area contributed by atoms with Gasteiger partial charge in [0.2, 0.25) is 11.8 Å².